The summed E-state index contributed by atoms with van der Waals surface area (Å²) in [6.45, 7) is 13.1. The first-order valence-corrected chi connectivity index (χ1v) is 10.5. The summed E-state index contributed by atoms with van der Waals surface area (Å²) in [5.41, 5.74) is 3.41. The Bertz CT molecular complexity index is 254. The molecule has 1 unspecified atom stereocenters. The van der Waals surface area contributed by atoms with Gasteiger partial charge >= 0.3 is 0 Å². The van der Waals surface area contributed by atoms with E-state index in [9.17, 15) is 5.11 Å². The molecule has 0 aromatic carbocycles. The lowest BCUT2D eigenvalue weighted by molar-refractivity contribution is 0.0833. The highest BCUT2D eigenvalue weighted by Gasteiger charge is 2.20. The van der Waals surface area contributed by atoms with Crippen LogP contribution in [0.25, 0.3) is 0 Å². The summed E-state index contributed by atoms with van der Waals surface area (Å²) in [6.07, 6.45) is 4.44. The van der Waals surface area contributed by atoms with Crippen LogP contribution < -0.4 is 0 Å². The van der Waals surface area contributed by atoms with Crippen LogP contribution in [-0.4, -0.2) is 19.3 Å². The highest BCUT2D eigenvalue weighted by atomic mass is 28.3. The van der Waals surface area contributed by atoms with Crippen LogP contribution in [0.5, 0.6) is 0 Å². The van der Waals surface area contributed by atoms with Gasteiger partial charge in [0.1, 0.15) is 8.07 Å². The van der Waals surface area contributed by atoms with E-state index in [-0.39, 0.29) is 12.0 Å². The summed E-state index contributed by atoms with van der Waals surface area (Å²) >= 11 is 0. The van der Waals surface area contributed by atoms with Crippen molar-refractivity contribution in [3.8, 4) is 11.5 Å². The molecule has 0 amide bonds. The predicted molar refractivity (Wildman–Crippen MR) is 79.6 cm³/mol. The van der Waals surface area contributed by atoms with Gasteiger partial charge < -0.3 is 5.11 Å². The summed E-state index contributed by atoms with van der Waals surface area (Å²) in [7, 11) is -1.32. The lowest BCUT2D eigenvalue weighted by Crippen LogP contribution is -2.26. The van der Waals surface area contributed by atoms with Crippen molar-refractivity contribution in [2.24, 2.45) is 11.8 Å². The largest absolute Gasteiger partial charge is 0.392 e. The molecule has 0 aromatic rings. The topological polar surface area (TPSA) is 20.2 Å². The number of aliphatic hydroxyl groups excluding tert-OH is 1. The van der Waals surface area contributed by atoms with Crippen LogP contribution in [0.1, 0.15) is 46.5 Å². The Labute approximate surface area is 109 Å². The number of rotatable bonds is 6. The zero-order chi connectivity index (χ0) is 13.5. The van der Waals surface area contributed by atoms with Gasteiger partial charge in [0.15, 0.2) is 0 Å². The van der Waals surface area contributed by atoms with E-state index in [1.165, 1.54) is 19.3 Å². The SMILES string of the molecule is CCCCCC(C#C[Si](C)(C)C)[C@@H](O)C(C)C. The van der Waals surface area contributed by atoms with E-state index in [2.05, 4.69) is 51.9 Å². The average Bonchev–Trinajstić information content (AvgIpc) is 2.20. The Morgan fingerprint density at radius 1 is 1.12 bits per heavy atom. The van der Waals surface area contributed by atoms with E-state index >= 15 is 0 Å². The number of hydrogen-bond acceptors (Lipinski definition) is 1. The van der Waals surface area contributed by atoms with Crippen molar-refractivity contribution in [3.05, 3.63) is 0 Å². The van der Waals surface area contributed by atoms with Crippen LogP contribution in [0.3, 0.4) is 0 Å². The van der Waals surface area contributed by atoms with Gasteiger partial charge in [-0.1, -0.05) is 59.7 Å². The normalized spacial score (nSPS) is 15.3. The lowest BCUT2D eigenvalue weighted by Gasteiger charge is -2.22. The van der Waals surface area contributed by atoms with Gasteiger partial charge in [-0.15, -0.1) is 11.5 Å². The fourth-order valence-corrected chi connectivity index (χ4v) is 2.33. The van der Waals surface area contributed by atoms with Gasteiger partial charge in [-0.3, -0.25) is 0 Å². The monoisotopic (exact) mass is 254 g/mol. The van der Waals surface area contributed by atoms with Gasteiger partial charge in [0.2, 0.25) is 0 Å². The van der Waals surface area contributed by atoms with E-state index in [1.54, 1.807) is 0 Å². The van der Waals surface area contributed by atoms with Crippen LogP contribution in [0.2, 0.25) is 19.6 Å². The molecule has 2 atom stereocenters. The molecular formula is C15H30OSi. The van der Waals surface area contributed by atoms with Crippen molar-refractivity contribution in [1.29, 1.82) is 0 Å². The maximum Gasteiger partial charge on any atom is 0.129 e. The number of hydrogen-bond donors (Lipinski definition) is 1. The molecule has 0 aliphatic carbocycles. The molecule has 0 aliphatic rings. The predicted octanol–water partition coefficient (Wildman–Crippen LogP) is 4.08. The molecule has 100 valence electrons. The molecule has 0 aliphatic heterocycles. The molecule has 0 spiro atoms. The first kappa shape index (κ1) is 16.7. The Kier molecular flexibility index (Phi) is 7.82. The first-order valence-electron chi connectivity index (χ1n) is 6.98. The van der Waals surface area contributed by atoms with Gasteiger partial charge in [-0.05, 0) is 12.3 Å². The molecular weight excluding hydrogens is 224 g/mol. The van der Waals surface area contributed by atoms with Crippen LogP contribution >= 0.6 is 0 Å². The minimum atomic E-state index is -1.32. The summed E-state index contributed by atoms with van der Waals surface area (Å²) < 4.78 is 0. The van der Waals surface area contributed by atoms with E-state index in [0.717, 1.165) is 6.42 Å². The molecule has 0 aromatic heterocycles. The highest BCUT2D eigenvalue weighted by Crippen LogP contribution is 2.19. The third kappa shape index (κ3) is 8.46. The second-order valence-corrected chi connectivity index (χ2v) is 11.1. The van der Waals surface area contributed by atoms with Crippen molar-refractivity contribution in [3.63, 3.8) is 0 Å². The fraction of sp³-hybridized carbons (Fsp3) is 0.867. The summed E-state index contributed by atoms with van der Waals surface area (Å²) in [5, 5.41) is 10.2. The molecule has 1 N–H and O–H groups in total. The Morgan fingerprint density at radius 3 is 2.12 bits per heavy atom. The maximum absolute atomic E-state index is 10.2. The van der Waals surface area contributed by atoms with Crippen LogP contribution in [-0.2, 0) is 0 Å². The first-order chi connectivity index (χ1) is 7.78. The van der Waals surface area contributed by atoms with Gasteiger partial charge in [0, 0.05) is 5.92 Å². The second kappa shape index (κ2) is 7.95. The molecule has 0 rings (SSSR count). The molecule has 2 heteroatoms. The van der Waals surface area contributed by atoms with Crippen LogP contribution in [0.4, 0.5) is 0 Å². The van der Waals surface area contributed by atoms with Crippen LogP contribution in [0, 0.1) is 23.3 Å². The van der Waals surface area contributed by atoms with Crippen molar-refractivity contribution < 1.29 is 5.11 Å². The summed E-state index contributed by atoms with van der Waals surface area (Å²) in [5.74, 6) is 3.84. The highest BCUT2D eigenvalue weighted by molar-refractivity contribution is 6.83. The van der Waals surface area contributed by atoms with Gasteiger partial charge in [0.25, 0.3) is 0 Å². The average molecular weight is 254 g/mol. The number of unbranched alkanes of at least 4 members (excludes halogenated alkanes) is 2. The molecule has 0 radical (unpaired) electrons. The van der Waals surface area contributed by atoms with Crippen molar-refractivity contribution >= 4 is 8.07 Å². The Hall–Kier alpha value is -0.263. The van der Waals surface area contributed by atoms with Gasteiger partial charge in [-0.25, -0.2) is 0 Å². The molecule has 1 nitrogen and oxygen atoms in total. The summed E-state index contributed by atoms with van der Waals surface area (Å²) in [6, 6.07) is 0. The summed E-state index contributed by atoms with van der Waals surface area (Å²) in [4.78, 5) is 0. The van der Waals surface area contributed by atoms with E-state index in [0.29, 0.717) is 5.92 Å². The third-order valence-corrected chi connectivity index (χ3v) is 3.74. The molecule has 0 fully saturated rings. The van der Waals surface area contributed by atoms with E-state index < -0.39 is 8.07 Å². The van der Waals surface area contributed by atoms with E-state index in [4.69, 9.17) is 0 Å². The minimum absolute atomic E-state index is 0.174. The van der Waals surface area contributed by atoms with E-state index in [1.807, 2.05) is 0 Å². The molecule has 0 bridgehead atoms. The second-order valence-electron chi connectivity index (χ2n) is 6.36. The molecule has 0 heterocycles. The molecule has 17 heavy (non-hydrogen) atoms. The Morgan fingerprint density at radius 2 is 1.71 bits per heavy atom. The minimum Gasteiger partial charge on any atom is -0.392 e. The smallest absolute Gasteiger partial charge is 0.129 e. The van der Waals surface area contributed by atoms with Crippen molar-refractivity contribution in [1.82, 2.24) is 0 Å². The zero-order valence-corrected chi connectivity index (χ0v) is 13.5. The maximum atomic E-state index is 10.2. The van der Waals surface area contributed by atoms with Crippen LogP contribution in [0.15, 0.2) is 0 Å². The quantitative estimate of drug-likeness (QED) is 0.430. The van der Waals surface area contributed by atoms with Gasteiger partial charge in [0.05, 0.1) is 6.10 Å². The standard InChI is InChI=1S/C15H30OSi/c1-7-8-9-10-14(15(16)13(2)3)11-12-17(4,5)6/h13-16H,7-10H2,1-6H3/t14?,15-/m0/s1. The van der Waals surface area contributed by atoms with Crippen molar-refractivity contribution in [2.75, 3.05) is 0 Å². The lowest BCUT2D eigenvalue weighted by atomic mass is 9.89. The zero-order valence-electron chi connectivity index (χ0n) is 12.5. The van der Waals surface area contributed by atoms with Gasteiger partial charge in [-0.2, -0.15) is 0 Å². The third-order valence-electron chi connectivity index (χ3n) is 2.85. The molecule has 0 saturated heterocycles. The fourth-order valence-electron chi connectivity index (χ4n) is 1.72. The number of aliphatic hydroxyl groups is 1. The molecule has 0 saturated carbocycles. The van der Waals surface area contributed by atoms with Crippen molar-refractivity contribution in [2.45, 2.75) is 72.2 Å². The Balaban J connectivity index is 4.54.